The van der Waals surface area contributed by atoms with Crippen LogP contribution in [0.5, 0.6) is 0 Å². The SMILES string of the molecule is [2H]C([2H])([2H])C([2H])([2H])c1cc(Cl)nc(N)n1. The lowest BCUT2D eigenvalue weighted by Gasteiger charge is -1.96. The Morgan fingerprint density at radius 3 is 3.30 bits per heavy atom. The van der Waals surface area contributed by atoms with E-state index < -0.39 is 13.2 Å². The third-order valence-electron chi connectivity index (χ3n) is 0.840. The second-order valence-corrected chi connectivity index (χ2v) is 1.95. The molecule has 1 heterocycles. The first-order valence-electron chi connectivity index (χ1n) is 4.95. The largest absolute Gasteiger partial charge is 0.368 e. The maximum Gasteiger partial charge on any atom is 0.221 e. The Labute approximate surface area is 71.3 Å². The average molecular weight is 163 g/mol. The van der Waals surface area contributed by atoms with Crippen molar-refractivity contribution in [3.8, 4) is 0 Å². The van der Waals surface area contributed by atoms with E-state index in [2.05, 4.69) is 9.97 Å². The Kier molecular flexibility index (Phi) is 0.864. The van der Waals surface area contributed by atoms with Crippen LogP contribution in [0.4, 0.5) is 5.95 Å². The van der Waals surface area contributed by atoms with E-state index in [1.54, 1.807) is 0 Å². The molecule has 0 saturated heterocycles. The van der Waals surface area contributed by atoms with Gasteiger partial charge in [-0.05, 0) is 12.4 Å². The van der Waals surface area contributed by atoms with Crippen molar-refractivity contribution in [2.45, 2.75) is 13.2 Å². The molecule has 0 radical (unpaired) electrons. The minimum absolute atomic E-state index is 0.0920. The van der Waals surface area contributed by atoms with E-state index in [0.29, 0.717) is 0 Å². The maximum atomic E-state index is 7.41. The summed E-state index contributed by atoms with van der Waals surface area (Å²) in [4.78, 5) is 7.03. The number of aromatic nitrogens is 2. The lowest BCUT2D eigenvalue weighted by Crippen LogP contribution is -1.97. The number of aryl methyl sites for hydroxylation is 1. The molecule has 4 heteroatoms. The maximum absolute atomic E-state index is 7.41. The van der Waals surface area contributed by atoms with Crippen molar-refractivity contribution < 1.29 is 6.85 Å². The summed E-state index contributed by atoms with van der Waals surface area (Å²) in [5.74, 6) is -0.259. The third-order valence-corrected chi connectivity index (χ3v) is 1.03. The van der Waals surface area contributed by atoms with E-state index in [1.165, 1.54) is 0 Å². The van der Waals surface area contributed by atoms with Crippen LogP contribution in [0.15, 0.2) is 6.07 Å². The molecule has 3 nitrogen and oxygen atoms in total. The highest BCUT2D eigenvalue weighted by Crippen LogP contribution is 2.07. The second-order valence-electron chi connectivity index (χ2n) is 1.56. The summed E-state index contributed by atoms with van der Waals surface area (Å²) in [5, 5.41) is -0.0920. The summed E-state index contributed by atoms with van der Waals surface area (Å²) >= 11 is 5.52. The number of anilines is 1. The fraction of sp³-hybridized carbons (Fsp3) is 0.333. The molecular weight excluding hydrogens is 150 g/mol. The highest BCUT2D eigenvalue weighted by molar-refractivity contribution is 6.29. The fourth-order valence-corrected chi connectivity index (χ4v) is 0.689. The molecule has 0 bridgehead atoms. The van der Waals surface area contributed by atoms with Crippen LogP contribution in [0, 0.1) is 0 Å². The number of halogens is 1. The first-order valence-corrected chi connectivity index (χ1v) is 2.83. The fourth-order valence-electron chi connectivity index (χ4n) is 0.499. The van der Waals surface area contributed by atoms with Gasteiger partial charge in [0.05, 0.1) is 0 Å². The Balaban J connectivity index is 3.27. The van der Waals surface area contributed by atoms with Gasteiger partial charge in [-0.1, -0.05) is 18.5 Å². The minimum atomic E-state index is -2.84. The van der Waals surface area contributed by atoms with Gasteiger partial charge in [0.25, 0.3) is 0 Å². The van der Waals surface area contributed by atoms with Crippen molar-refractivity contribution in [2.24, 2.45) is 0 Å². The number of hydrogen-bond acceptors (Lipinski definition) is 3. The molecule has 1 aromatic rings. The van der Waals surface area contributed by atoms with Gasteiger partial charge in [0.1, 0.15) is 5.15 Å². The Morgan fingerprint density at radius 1 is 1.90 bits per heavy atom. The molecule has 10 heavy (non-hydrogen) atoms. The molecule has 0 aliphatic rings. The molecular formula is C6H8ClN3. The predicted octanol–water partition coefficient (Wildman–Crippen LogP) is 1.27. The van der Waals surface area contributed by atoms with Crippen LogP contribution < -0.4 is 5.73 Å². The van der Waals surface area contributed by atoms with Gasteiger partial charge in [-0.3, -0.25) is 0 Å². The standard InChI is InChI=1S/C6H8ClN3/c1-2-4-3-5(7)10-6(8)9-4/h3H,2H2,1H3,(H2,8,9,10)/i1D3,2D2. The molecule has 1 rings (SSSR count). The normalized spacial score (nSPS) is 19.9. The summed E-state index contributed by atoms with van der Waals surface area (Å²) in [5.41, 5.74) is 4.90. The summed E-state index contributed by atoms with van der Waals surface area (Å²) in [6, 6.07) is 1.05. The molecule has 0 fully saturated rings. The topological polar surface area (TPSA) is 51.8 Å². The van der Waals surface area contributed by atoms with Crippen LogP contribution in [0.25, 0.3) is 0 Å². The van der Waals surface area contributed by atoms with Crippen LogP contribution in [0.2, 0.25) is 5.15 Å². The molecule has 0 aromatic carbocycles. The summed E-state index contributed by atoms with van der Waals surface area (Å²) in [7, 11) is 0. The second kappa shape index (κ2) is 2.84. The van der Waals surface area contributed by atoms with Gasteiger partial charge in [-0.25, -0.2) is 9.97 Å². The third kappa shape index (κ3) is 1.57. The molecule has 0 unspecified atom stereocenters. The van der Waals surface area contributed by atoms with E-state index >= 15 is 0 Å². The monoisotopic (exact) mass is 162 g/mol. The van der Waals surface area contributed by atoms with Crippen molar-refractivity contribution in [1.29, 1.82) is 0 Å². The van der Waals surface area contributed by atoms with E-state index in [0.717, 1.165) is 6.07 Å². The molecule has 1 aromatic heterocycles. The van der Waals surface area contributed by atoms with Gasteiger partial charge in [-0.15, -0.1) is 0 Å². The van der Waals surface area contributed by atoms with Crippen molar-refractivity contribution in [1.82, 2.24) is 9.97 Å². The number of hydrogen-bond donors (Lipinski definition) is 1. The summed E-state index contributed by atoms with van der Waals surface area (Å²) < 4.78 is 35.9. The number of nitrogens with zero attached hydrogens (tertiary/aromatic N) is 2. The molecule has 0 spiro atoms. The molecule has 2 N–H and O–H groups in total. The van der Waals surface area contributed by atoms with Crippen LogP contribution in [0.1, 0.15) is 19.4 Å². The van der Waals surface area contributed by atoms with Crippen LogP contribution in [-0.2, 0) is 6.37 Å². The smallest absolute Gasteiger partial charge is 0.221 e. The molecule has 0 saturated carbocycles. The lowest BCUT2D eigenvalue weighted by molar-refractivity contribution is 1.01. The van der Waals surface area contributed by atoms with Crippen molar-refractivity contribution in [3.63, 3.8) is 0 Å². The average Bonchev–Trinajstić information content (AvgIpc) is 1.99. The zero-order valence-electron chi connectivity index (χ0n) is 9.93. The number of rotatable bonds is 1. The summed E-state index contributed by atoms with van der Waals surface area (Å²) in [6.07, 6.45) is -2.60. The summed E-state index contributed by atoms with van der Waals surface area (Å²) in [6.45, 7) is -2.84. The first kappa shape index (κ1) is 3.05. The molecule has 54 valence electrons. The van der Waals surface area contributed by atoms with Crippen LogP contribution in [-0.4, -0.2) is 9.97 Å². The van der Waals surface area contributed by atoms with Gasteiger partial charge in [0.15, 0.2) is 0 Å². The molecule has 0 atom stereocenters. The molecule has 0 aliphatic heterocycles. The molecule has 0 aliphatic carbocycles. The van der Waals surface area contributed by atoms with E-state index in [1.807, 2.05) is 0 Å². The highest BCUT2D eigenvalue weighted by Gasteiger charge is 1.96. The van der Waals surface area contributed by atoms with Gasteiger partial charge in [0.2, 0.25) is 5.95 Å². The Morgan fingerprint density at radius 2 is 2.70 bits per heavy atom. The van der Waals surface area contributed by atoms with Crippen LogP contribution >= 0.6 is 11.6 Å². The molecule has 0 amide bonds. The Hall–Kier alpha value is -0.830. The minimum Gasteiger partial charge on any atom is -0.368 e. The van der Waals surface area contributed by atoms with Crippen molar-refractivity contribution in [2.75, 3.05) is 5.73 Å². The van der Waals surface area contributed by atoms with Gasteiger partial charge in [0, 0.05) is 12.5 Å². The van der Waals surface area contributed by atoms with Gasteiger partial charge < -0.3 is 5.73 Å². The van der Waals surface area contributed by atoms with E-state index in [-0.39, 0.29) is 16.8 Å². The Bertz CT molecular complexity index is 357. The zero-order valence-corrected chi connectivity index (χ0v) is 5.68. The van der Waals surface area contributed by atoms with Gasteiger partial charge in [-0.2, -0.15) is 0 Å². The first-order chi connectivity index (χ1) is 6.64. The zero-order chi connectivity index (χ0) is 11.9. The van der Waals surface area contributed by atoms with Crippen LogP contribution in [0.3, 0.4) is 0 Å². The van der Waals surface area contributed by atoms with E-state index in [4.69, 9.17) is 24.2 Å². The quantitative estimate of drug-likeness (QED) is 0.633. The van der Waals surface area contributed by atoms with Crippen molar-refractivity contribution in [3.05, 3.63) is 16.9 Å². The lowest BCUT2D eigenvalue weighted by atomic mass is 10.3. The highest BCUT2D eigenvalue weighted by atomic mass is 35.5. The van der Waals surface area contributed by atoms with E-state index in [9.17, 15) is 0 Å². The predicted molar refractivity (Wildman–Crippen MR) is 40.8 cm³/mol. The number of nitrogens with two attached hydrogens (primary N) is 1. The van der Waals surface area contributed by atoms with Crippen molar-refractivity contribution >= 4 is 17.5 Å². The number of nitrogen functional groups attached to an aromatic ring is 1. The van der Waals surface area contributed by atoms with Gasteiger partial charge >= 0.3 is 0 Å².